The fourth-order valence-electron chi connectivity index (χ4n) is 3.88. The fraction of sp³-hybridized carbons (Fsp3) is 0.600. The van der Waals surface area contributed by atoms with Gasteiger partial charge in [0.1, 0.15) is 18.8 Å². The Morgan fingerprint density at radius 1 is 1.19 bits per heavy atom. The van der Waals surface area contributed by atoms with Crippen molar-refractivity contribution in [3.63, 3.8) is 0 Å². The lowest BCUT2D eigenvalue weighted by molar-refractivity contribution is -0.918. The van der Waals surface area contributed by atoms with E-state index in [1.165, 1.54) is 30.8 Å². The molecule has 0 bridgehead atoms. The minimum absolute atomic E-state index is 0.0959. The standard InChI is InChI=1S/C20H29N3O3/c1-3-26-17-6-4-16(5-7-17)23-19(24)14-18(20(23)25)21-10-13-22-11-8-15(2)9-12-22/h4-7,15,18,21H,3,8-14H2,1-2H3/p+2/t18-/m0/s1. The maximum absolute atomic E-state index is 12.7. The molecule has 142 valence electrons. The predicted molar refractivity (Wildman–Crippen MR) is 99.3 cm³/mol. The molecule has 1 aromatic carbocycles. The molecule has 0 aromatic heterocycles. The summed E-state index contributed by atoms with van der Waals surface area (Å²) in [5.74, 6) is 1.39. The molecule has 2 aliphatic rings. The van der Waals surface area contributed by atoms with Gasteiger partial charge in [-0.3, -0.25) is 9.59 Å². The number of anilines is 1. The van der Waals surface area contributed by atoms with Crippen LogP contribution in [0, 0.1) is 5.92 Å². The summed E-state index contributed by atoms with van der Waals surface area (Å²) in [6.45, 7) is 9.25. The van der Waals surface area contributed by atoms with Gasteiger partial charge >= 0.3 is 0 Å². The quantitative estimate of drug-likeness (QED) is 0.649. The van der Waals surface area contributed by atoms with Gasteiger partial charge in [-0.05, 0) is 49.9 Å². The normalized spacial score (nSPS) is 26.4. The molecular weight excluding hydrogens is 330 g/mol. The van der Waals surface area contributed by atoms with Crippen molar-refractivity contribution in [3.8, 4) is 5.75 Å². The summed E-state index contributed by atoms with van der Waals surface area (Å²) in [4.78, 5) is 28.0. The molecule has 0 radical (unpaired) electrons. The third-order valence-corrected chi connectivity index (χ3v) is 5.52. The van der Waals surface area contributed by atoms with E-state index in [9.17, 15) is 9.59 Å². The zero-order valence-electron chi connectivity index (χ0n) is 15.9. The number of nitrogens with zero attached hydrogens (tertiary/aromatic N) is 1. The number of quaternary nitrogens is 2. The van der Waals surface area contributed by atoms with E-state index in [-0.39, 0.29) is 17.9 Å². The first-order valence-electron chi connectivity index (χ1n) is 9.85. The van der Waals surface area contributed by atoms with Gasteiger partial charge in [-0.25, -0.2) is 4.90 Å². The second-order valence-electron chi connectivity index (χ2n) is 7.51. The minimum atomic E-state index is -0.280. The van der Waals surface area contributed by atoms with Crippen LogP contribution in [0.2, 0.25) is 0 Å². The van der Waals surface area contributed by atoms with E-state index in [1.54, 1.807) is 29.2 Å². The topological polar surface area (TPSA) is 67.7 Å². The van der Waals surface area contributed by atoms with Crippen LogP contribution in [0.3, 0.4) is 0 Å². The molecule has 0 saturated carbocycles. The van der Waals surface area contributed by atoms with Gasteiger partial charge in [0.25, 0.3) is 5.91 Å². The van der Waals surface area contributed by atoms with Crippen LogP contribution in [0.5, 0.6) is 5.75 Å². The van der Waals surface area contributed by atoms with Gasteiger partial charge in [0.2, 0.25) is 5.91 Å². The Hall–Kier alpha value is -1.92. The zero-order valence-corrected chi connectivity index (χ0v) is 15.9. The third-order valence-electron chi connectivity index (χ3n) is 5.52. The first-order valence-corrected chi connectivity index (χ1v) is 9.85. The number of likely N-dealkylation sites (tertiary alicyclic amines) is 1. The van der Waals surface area contributed by atoms with Crippen molar-refractivity contribution in [1.29, 1.82) is 0 Å². The number of hydrogen-bond donors (Lipinski definition) is 2. The van der Waals surface area contributed by atoms with Crippen LogP contribution in [-0.2, 0) is 9.59 Å². The van der Waals surface area contributed by atoms with E-state index < -0.39 is 0 Å². The number of piperidine rings is 1. The lowest BCUT2D eigenvalue weighted by Crippen LogP contribution is -3.16. The number of carbonyl (C=O) groups is 2. The highest BCUT2D eigenvalue weighted by Crippen LogP contribution is 2.24. The lowest BCUT2D eigenvalue weighted by Gasteiger charge is -2.26. The largest absolute Gasteiger partial charge is 0.494 e. The van der Waals surface area contributed by atoms with E-state index >= 15 is 0 Å². The Labute approximate surface area is 155 Å². The first kappa shape index (κ1) is 18.9. The SMILES string of the molecule is CCOc1ccc(N2C(=O)C[C@H]([NH2+]CC[NH+]3CCC(C)CC3)C2=O)cc1. The third kappa shape index (κ3) is 4.43. The van der Waals surface area contributed by atoms with E-state index in [2.05, 4.69) is 12.2 Å². The average molecular weight is 361 g/mol. The van der Waals surface area contributed by atoms with Gasteiger partial charge in [-0.15, -0.1) is 0 Å². The highest BCUT2D eigenvalue weighted by molar-refractivity contribution is 6.21. The minimum Gasteiger partial charge on any atom is -0.494 e. The molecule has 2 aliphatic heterocycles. The number of nitrogens with one attached hydrogen (secondary N) is 1. The second kappa shape index (κ2) is 8.64. The van der Waals surface area contributed by atoms with Gasteiger partial charge in [0, 0.05) is 0 Å². The van der Waals surface area contributed by atoms with E-state index in [0.29, 0.717) is 18.7 Å². The Morgan fingerprint density at radius 2 is 1.88 bits per heavy atom. The number of imide groups is 1. The van der Waals surface area contributed by atoms with Crippen molar-refractivity contribution in [2.75, 3.05) is 37.7 Å². The van der Waals surface area contributed by atoms with E-state index in [0.717, 1.165) is 24.8 Å². The fourth-order valence-corrected chi connectivity index (χ4v) is 3.88. The van der Waals surface area contributed by atoms with Crippen molar-refractivity contribution >= 4 is 17.5 Å². The molecule has 2 saturated heterocycles. The summed E-state index contributed by atoms with van der Waals surface area (Å²) < 4.78 is 5.42. The Balaban J connectivity index is 1.51. The Kier molecular flexibility index (Phi) is 6.27. The molecule has 0 spiro atoms. The molecule has 26 heavy (non-hydrogen) atoms. The zero-order chi connectivity index (χ0) is 18.5. The highest BCUT2D eigenvalue weighted by Gasteiger charge is 2.42. The average Bonchev–Trinajstić information content (AvgIpc) is 2.92. The monoisotopic (exact) mass is 361 g/mol. The summed E-state index contributed by atoms with van der Waals surface area (Å²) in [6, 6.07) is 6.89. The molecule has 0 aliphatic carbocycles. The molecule has 6 nitrogen and oxygen atoms in total. The number of benzene rings is 1. The second-order valence-corrected chi connectivity index (χ2v) is 7.51. The van der Waals surface area contributed by atoms with Gasteiger partial charge in [0.05, 0.1) is 31.8 Å². The first-order chi connectivity index (χ1) is 12.6. The van der Waals surface area contributed by atoms with Gasteiger partial charge < -0.3 is 15.0 Å². The highest BCUT2D eigenvalue weighted by atomic mass is 16.5. The van der Waals surface area contributed by atoms with Crippen molar-refractivity contribution in [2.45, 2.75) is 39.2 Å². The molecule has 2 heterocycles. The maximum atomic E-state index is 12.7. The molecule has 1 aromatic rings. The van der Waals surface area contributed by atoms with E-state index in [1.807, 2.05) is 6.92 Å². The number of hydrogen-bond acceptors (Lipinski definition) is 3. The molecule has 6 heteroatoms. The number of rotatable bonds is 7. The predicted octanol–water partition coefficient (Wildman–Crippen LogP) is -0.405. The summed E-state index contributed by atoms with van der Waals surface area (Å²) in [7, 11) is 0. The smallest absolute Gasteiger partial charge is 0.292 e. The van der Waals surface area contributed by atoms with Crippen LogP contribution < -0.4 is 19.9 Å². The summed E-state index contributed by atoms with van der Waals surface area (Å²) in [5.41, 5.74) is 0.634. The van der Waals surface area contributed by atoms with E-state index in [4.69, 9.17) is 4.74 Å². The molecule has 3 N–H and O–H groups in total. The number of ether oxygens (including phenoxy) is 1. The van der Waals surface area contributed by atoms with Crippen molar-refractivity contribution in [2.24, 2.45) is 5.92 Å². The Bertz CT molecular complexity index is 624. The van der Waals surface area contributed by atoms with Crippen LogP contribution in [0.15, 0.2) is 24.3 Å². The van der Waals surface area contributed by atoms with Crippen molar-refractivity contribution in [1.82, 2.24) is 0 Å². The van der Waals surface area contributed by atoms with Crippen molar-refractivity contribution < 1.29 is 24.5 Å². The summed E-state index contributed by atoms with van der Waals surface area (Å²) in [5, 5.41) is 2.06. The van der Waals surface area contributed by atoms with Crippen LogP contribution in [0.1, 0.15) is 33.1 Å². The molecular formula is C20H31N3O3+2. The molecule has 0 unspecified atom stereocenters. The van der Waals surface area contributed by atoms with Crippen LogP contribution in [-0.4, -0.2) is 50.6 Å². The molecule has 3 rings (SSSR count). The number of amides is 2. The molecule has 1 atom stereocenters. The lowest BCUT2D eigenvalue weighted by atomic mass is 9.99. The van der Waals surface area contributed by atoms with Crippen LogP contribution >= 0.6 is 0 Å². The summed E-state index contributed by atoms with van der Waals surface area (Å²) >= 11 is 0. The maximum Gasteiger partial charge on any atom is 0.292 e. The van der Waals surface area contributed by atoms with Crippen LogP contribution in [0.25, 0.3) is 0 Å². The van der Waals surface area contributed by atoms with Gasteiger partial charge in [-0.1, -0.05) is 6.92 Å². The van der Waals surface area contributed by atoms with Gasteiger partial charge in [-0.2, -0.15) is 0 Å². The molecule has 2 fully saturated rings. The van der Waals surface area contributed by atoms with Gasteiger partial charge in [0.15, 0.2) is 6.04 Å². The van der Waals surface area contributed by atoms with Crippen molar-refractivity contribution in [3.05, 3.63) is 24.3 Å². The van der Waals surface area contributed by atoms with Crippen LogP contribution in [0.4, 0.5) is 5.69 Å². The number of carbonyl (C=O) groups excluding carboxylic acids is 2. The Morgan fingerprint density at radius 3 is 2.54 bits per heavy atom. The molecule has 2 amide bonds. The number of nitrogens with two attached hydrogens (primary N) is 1. The summed E-state index contributed by atoms with van der Waals surface area (Å²) in [6.07, 6.45) is 2.88.